The van der Waals surface area contributed by atoms with Gasteiger partial charge >= 0.3 is 0 Å². The summed E-state index contributed by atoms with van der Waals surface area (Å²) in [5.74, 6) is -0.184. The maximum atomic E-state index is 11.9. The molecule has 18 heavy (non-hydrogen) atoms. The maximum Gasteiger partial charge on any atom is 0.214 e. The second-order valence-corrected chi connectivity index (χ2v) is 9.41. The predicted octanol–water partition coefficient (Wildman–Crippen LogP) is -0.500. The van der Waals surface area contributed by atoms with Crippen LogP contribution in [0.4, 0.5) is 0 Å². The number of aliphatic hydroxyl groups is 1. The van der Waals surface area contributed by atoms with E-state index in [4.69, 9.17) is 0 Å². The van der Waals surface area contributed by atoms with E-state index in [1.165, 1.54) is 0 Å². The SMILES string of the molecule is CC(C)C(O)CNS(=O)(=O)C1CCS(=O)(=O)CC1. The fourth-order valence-corrected chi connectivity index (χ4v) is 5.02. The Bertz CT molecular complexity index is 454. The lowest BCUT2D eigenvalue weighted by atomic mass is 10.1. The molecule has 1 rings (SSSR count). The Hall–Kier alpha value is -0.180. The van der Waals surface area contributed by atoms with Crippen molar-refractivity contribution in [2.24, 2.45) is 5.92 Å². The molecule has 0 bridgehead atoms. The molecule has 108 valence electrons. The first-order valence-corrected chi connectivity index (χ1v) is 9.38. The van der Waals surface area contributed by atoms with Gasteiger partial charge in [0.1, 0.15) is 9.84 Å². The number of hydrogen-bond acceptors (Lipinski definition) is 5. The fraction of sp³-hybridized carbons (Fsp3) is 1.00. The van der Waals surface area contributed by atoms with Gasteiger partial charge in [0.25, 0.3) is 0 Å². The Kier molecular flexibility index (Phi) is 5.16. The molecule has 1 atom stereocenters. The zero-order valence-corrected chi connectivity index (χ0v) is 12.3. The first kappa shape index (κ1) is 15.9. The van der Waals surface area contributed by atoms with E-state index in [9.17, 15) is 21.9 Å². The normalized spacial score (nSPS) is 23.1. The molecular formula is C10H21NO5S2. The first-order valence-electron chi connectivity index (χ1n) is 6.01. The summed E-state index contributed by atoms with van der Waals surface area (Å²) in [4.78, 5) is 0. The van der Waals surface area contributed by atoms with E-state index < -0.39 is 31.2 Å². The molecule has 0 aliphatic carbocycles. The van der Waals surface area contributed by atoms with Gasteiger partial charge in [0, 0.05) is 6.54 Å². The molecule has 0 saturated carbocycles. The highest BCUT2D eigenvalue weighted by Crippen LogP contribution is 2.18. The van der Waals surface area contributed by atoms with Gasteiger partial charge in [0.2, 0.25) is 10.0 Å². The lowest BCUT2D eigenvalue weighted by Gasteiger charge is -2.23. The zero-order chi connectivity index (χ0) is 14.0. The van der Waals surface area contributed by atoms with Crippen molar-refractivity contribution < 1.29 is 21.9 Å². The van der Waals surface area contributed by atoms with Crippen LogP contribution in [0.5, 0.6) is 0 Å². The Balaban J connectivity index is 2.55. The average Bonchev–Trinajstić information content (AvgIpc) is 2.25. The molecule has 1 heterocycles. The molecule has 0 radical (unpaired) electrons. The van der Waals surface area contributed by atoms with Crippen LogP contribution in [0, 0.1) is 5.92 Å². The van der Waals surface area contributed by atoms with E-state index in [2.05, 4.69) is 4.72 Å². The number of sulfone groups is 1. The summed E-state index contributed by atoms with van der Waals surface area (Å²) in [6.45, 7) is 3.57. The van der Waals surface area contributed by atoms with E-state index in [1.54, 1.807) is 13.8 Å². The molecule has 1 aliphatic rings. The Morgan fingerprint density at radius 2 is 1.78 bits per heavy atom. The average molecular weight is 299 g/mol. The van der Waals surface area contributed by atoms with Crippen LogP contribution >= 0.6 is 0 Å². The van der Waals surface area contributed by atoms with Gasteiger partial charge in [-0.2, -0.15) is 0 Å². The molecule has 6 nitrogen and oxygen atoms in total. The van der Waals surface area contributed by atoms with E-state index in [-0.39, 0.29) is 36.8 Å². The molecule has 0 aromatic heterocycles. The van der Waals surface area contributed by atoms with Crippen LogP contribution in [-0.4, -0.2) is 51.3 Å². The Morgan fingerprint density at radius 3 is 2.22 bits per heavy atom. The van der Waals surface area contributed by atoms with Crippen molar-refractivity contribution in [3.05, 3.63) is 0 Å². The van der Waals surface area contributed by atoms with Crippen LogP contribution in [0.3, 0.4) is 0 Å². The van der Waals surface area contributed by atoms with Crippen molar-refractivity contribution in [3.8, 4) is 0 Å². The molecule has 2 N–H and O–H groups in total. The first-order chi connectivity index (χ1) is 8.14. The van der Waals surface area contributed by atoms with Gasteiger partial charge in [-0.3, -0.25) is 0 Å². The van der Waals surface area contributed by atoms with Crippen molar-refractivity contribution in [3.63, 3.8) is 0 Å². The topological polar surface area (TPSA) is 101 Å². The van der Waals surface area contributed by atoms with E-state index in [0.717, 1.165) is 0 Å². The molecule has 0 amide bonds. The highest BCUT2D eigenvalue weighted by molar-refractivity contribution is 7.92. The summed E-state index contributed by atoms with van der Waals surface area (Å²) in [6, 6.07) is 0. The third-order valence-corrected chi connectivity index (χ3v) is 6.84. The van der Waals surface area contributed by atoms with Crippen LogP contribution < -0.4 is 4.72 Å². The smallest absolute Gasteiger partial charge is 0.214 e. The van der Waals surface area contributed by atoms with Crippen LogP contribution in [-0.2, 0) is 19.9 Å². The highest BCUT2D eigenvalue weighted by Gasteiger charge is 2.32. The molecule has 1 aliphatic heterocycles. The molecule has 0 spiro atoms. The lowest BCUT2D eigenvalue weighted by molar-refractivity contribution is 0.129. The largest absolute Gasteiger partial charge is 0.391 e. The zero-order valence-electron chi connectivity index (χ0n) is 10.7. The van der Waals surface area contributed by atoms with Crippen molar-refractivity contribution in [1.29, 1.82) is 0 Å². The van der Waals surface area contributed by atoms with Gasteiger partial charge < -0.3 is 5.11 Å². The van der Waals surface area contributed by atoms with Gasteiger partial charge in [0.05, 0.1) is 22.9 Å². The minimum absolute atomic E-state index is 0.0246. The summed E-state index contributed by atoms with van der Waals surface area (Å²) in [6.07, 6.45) is -0.461. The second kappa shape index (κ2) is 5.85. The Labute approximate surface area is 109 Å². The summed E-state index contributed by atoms with van der Waals surface area (Å²) >= 11 is 0. The van der Waals surface area contributed by atoms with Gasteiger partial charge in [0.15, 0.2) is 0 Å². The van der Waals surface area contributed by atoms with Gasteiger partial charge in [-0.1, -0.05) is 13.8 Å². The molecule has 1 unspecified atom stereocenters. The third kappa shape index (κ3) is 4.49. The summed E-state index contributed by atoms with van der Waals surface area (Å²) < 4.78 is 48.6. The highest BCUT2D eigenvalue weighted by atomic mass is 32.2. The minimum Gasteiger partial charge on any atom is -0.391 e. The van der Waals surface area contributed by atoms with Crippen molar-refractivity contribution in [1.82, 2.24) is 4.72 Å². The molecule has 1 saturated heterocycles. The standard InChI is InChI=1S/C10H21NO5S2/c1-8(2)10(12)7-11-18(15,16)9-3-5-17(13,14)6-4-9/h8-12H,3-7H2,1-2H3. The third-order valence-electron chi connectivity index (χ3n) is 3.20. The van der Waals surface area contributed by atoms with E-state index in [0.29, 0.717) is 0 Å². The number of rotatable bonds is 5. The van der Waals surface area contributed by atoms with Gasteiger partial charge in [-0.25, -0.2) is 21.6 Å². The van der Waals surface area contributed by atoms with Gasteiger partial charge in [-0.05, 0) is 18.8 Å². The van der Waals surface area contributed by atoms with Crippen LogP contribution in [0.1, 0.15) is 26.7 Å². The summed E-state index contributed by atoms with van der Waals surface area (Å²) in [5.41, 5.74) is 0. The number of aliphatic hydroxyl groups excluding tert-OH is 1. The number of nitrogens with one attached hydrogen (secondary N) is 1. The monoisotopic (exact) mass is 299 g/mol. The van der Waals surface area contributed by atoms with Crippen molar-refractivity contribution >= 4 is 19.9 Å². The fourth-order valence-electron chi connectivity index (χ4n) is 1.73. The molecular weight excluding hydrogens is 278 g/mol. The second-order valence-electron chi connectivity index (χ2n) is 5.06. The molecule has 8 heteroatoms. The summed E-state index contributed by atoms with van der Waals surface area (Å²) in [7, 11) is -6.60. The van der Waals surface area contributed by atoms with E-state index >= 15 is 0 Å². The minimum atomic E-state index is -3.54. The van der Waals surface area contributed by atoms with Crippen molar-refractivity contribution in [2.45, 2.75) is 38.0 Å². The number of hydrogen-bond donors (Lipinski definition) is 2. The molecule has 0 aromatic carbocycles. The van der Waals surface area contributed by atoms with Crippen LogP contribution in [0.2, 0.25) is 0 Å². The quantitative estimate of drug-likeness (QED) is 0.713. The summed E-state index contributed by atoms with van der Waals surface area (Å²) in [5, 5.41) is 8.88. The lowest BCUT2D eigenvalue weighted by Crippen LogP contribution is -2.43. The number of sulfonamides is 1. The van der Waals surface area contributed by atoms with Crippen LogP contribution in [0.25, 0.3) is 0 Å². The van der Waals surface area contributed by atoms with Crippen LogP contribution in [0.15, 0.2) is 0 Å². The van der Waals surface area contributed by atoms with E-state index in [1.807, 2.05) is 0 Å². The van der Waals surface area contributed by atoms with Gasteiger partial charge in [-0.15, -0.1) is 0 Å². The predicted molar refractivity (Wildman–Crippen MR) is 69.4 cm³/mol. The maximum absolute atomic E-state index is 11.9. The Morgan fingerprint density at radius 1 is 1.28 bits per heavy atom. The molecule has 1 fully saturated rings. The van der Waals surface area contributed by atoms with Crippen molar-refractivity contribution in [2.75, 3.05) is 18.1 Å². The molecule has 0 aromatic rings.